The summed E-state index contributed by atoms with van der Waals surface area (Å²) in [5, 5.41) is -0.160. The number of aryl methyl sites for hydroxylation is 1. The Morgan fingerprint density at radius 1 is 1.45 bits per heavy atom. The lowest BCUT2D eigenvalue weighted by atomic mass is 10.5. The van der Waals surface area contributed by atoms with Gasteiger partial charge < -0.3 is 0 Å². The molecule has 0 saturated heterocycles. The molecule has 0 aliphatic carbocycles. The number of nitrogens with zero attached hydrogens (tertiary/aromatic N) is 2. The first-order valence-corrected chi connectivity index (χ1v) is 5.04. The molecule has 0 unspecified atom stereocenters. The van der Waals surface area contributed by atoms with Gasteiger partial charge in [0, 0.05) is 16.4 Å². The Bertz CT molecular complexity index is 363. The number of hydrogen-bond acceptors (Lipinski definition) is 4. The normalized spacial score (nSPS) is 11.5. The van der Waals surface area contributed by atoms with Crippen molar-refractivity contribution in [3.05, 3.63) is 18.1 Å². The zero-order valence-electron chi connectivity index (χ0n) is 5.65. The van der Waals surface area contributed by atoms with E-state index >= 15 is 0 Å². The molecule has 0 radical (unpaired) electrons. The zero-order chi connectivity index (χ0) is 8.48. The fourth-order valence-electron chi connectivity index (χ4n) is 0.563. The molecule has 6 heteroatoms. The molecule has 0 fully saturated rings. The summed E-state index contributed by atoms with van der Waals surface area (Å²) in [5.74, 6) is 0. The number of hydrogen-bond donors (Lipinski definition) is 0. The Morgan fingerprint density at radius 2 is 2.09 bits per heavy atom. The molecule has 0 saturated carbocycles. The first-order valence-electron chi connectivity index (χ1n) is 2.73. The predicted octanol–water partition coefficient (Wildman–Crippen LogP) is 0.713. The molecule has 1 rings (SSSR count). The molecule has 0 atom stereocenters. The first-order chi connectivity index (χ1) is 5.00. The Kier molecular flexibility index (Phi) is 2.10. The standard InChI is InChI=1S/C5H5ClN2O2S/c1-4-2-5(8-3-7-4)11(6,9)10/h2-3H,1H3. The van der Waals surface area contributed by atoms with Gasteiger partial charge >= 0.3 is 0 Å². The van der Waals surface area contributed by atoms with Crippen LogP contribution in [0.3, 0.4) is 0 Å². The largest absolute Gasteiger partial charge is 0.278 e. The number of halogens is 1. The van der Waals surface area contributed by atoms with Gasteiger partial charge in [0.1, 0.15) is 6.33 Å². The second-order valence-corrected chi connectivity index (χ2v) is 4.45. The highest BCUT2D eigenvalue weighted by Gasteiger charge is 2.10. The molecule has 0 aromatic carbocycles. The van der Waals surface area contributed by atoms with Crippen LogP contribution < -0.4 is 0 Å². The van der Waals surface area contributed by atoms with E-state index in [0.717, 1.165) is 6.33 Å². The molecule has 1 aromatic rings. The van der Waals surface area contributed by atoms with E-state index in [1.807, 2.05) is 0 Å². The summed E-state index contributed by atoms with van der Waals surface area (Å²) in [7, 11) is 1.31. The average molecular weight is 193 g/mol. The van der Waals surface area contributed by atoms with Crippen molar-refractivity contribution in [2.45, 2.75) is 11.9 Å². The molecule has 11 heavy (non-hydrogen) atoms. The van der Waals surface area contributed by atoms with Crippen molar-refractivity contribution in [1.82, 2.24) is 9.97 Å². The van der Waals surface area contributed by atoms with Crippen LogP contribution in [0.1, 0.15) is 5.69 Å². The fourth-order valence-corrected chi connectivity index (χ4v) is 1.30. The van der Waals surface area contributed by atoms with Gasteiger partial charge in [-0.2, -0.15) is 0 Å². The van der Waals surface area contributed by atoms with Crippen LogP contribution in [-0.4, -0.2) is 18.4 Å². The van der Waals surface area contributed by atoms with Crippen LogP contribution in [-0.2, 0) is 9.05 Å². The third-order valence-electron chi connectivity index (χ3n) is 1.03. The molecule has 0 aliphatic rings. The topological polar surface area (TPSA) is 59.9 Å². The second kappa shape index (κ2) is 2.75. The van der Waals surface area contributed by atoms with Crippen molar-refractivity contribution in [1.29, 1.82) is 0 Å². The highest BCUT2D eigenvalue weighted by atomic mass is 35.7. The molecule has 0 spiro atoms. The fraction of sp³-hybridized carbons (Fsp3) is 0.200. The first kappa shape index (κ1) is 8.42. The minimum Gasteiger partial charge on any atom is -0.242 e. The summed E-state index contributed by atoms with van der Waals surface area (Å²) in [5.41, 5.74) is 0.569. The van der Waals surface area contributed by atoms with E-state index in [9.17, 15) is 8.42 Å². The predicted molar refractivity (Wildman–Crippen MR) is 39.8 cm³/mol. The molecular formula is C5H5ClN2O2S. The maximum Gasteiger partial charge on any atom is 0.278 e. The summed E-state index contributed by atoms with van der Waals surface area (Å²) in [4.78, 5) is 7.20. The summed E-state index contributed by atoms with van der Waals surface area (Å²) in [6.45, 7) is 1.66. The van der Waals surface area contributed by atoms with Crippen molar-refractivity contribution >= 4 is 19.7 Å². The van der Waals surface area contributed by atoms with Gasteiger partial charge in [0.05, 0.1) is 0 Å². The molecule has 60 valence electrons. The van der Waals surface area contributed by atoms with Crippen LogP contribution >= 0.6 is 10.7 Å². The molecule has 4 nitrogen and oxygen atoms in total. The van der Waals surface area contributed by atoms with Crippen LogP contribution in [0.15, 0.2) is 17.4 Å². The lowest BCUT2D eigenvalue weighted by molar-refractivity contribution is 0.605. The lowest BCUT2D eigenvalue weighted by Crippen LogP contribution is -1.96. The number of rotatable bonds is 1. The summed E-state index contributed by atoms with van der Waals surface area (Å²) >= 11 is 0. The van der Waals surface area contributed by atoms with E-state index in [0.29, 0.717) is 5.69 Å². The summed E-state index contributed by atoms with van der Waals surface area (Å²) < 4.78 is 21.3. The Hall–Kier alpha value is -0.680. The Labute approximate surface area is 68.7 Å². The van der Waals surface area contributed by atoms with E-state index < -0.39 is 9.05 Å². The van der Waals surface area contributed by atoms with Crippen molar-refractivity contribution in [2.75, 3.05) is 0 Å². The Balaban J connectivity index is 3.28. The molecular weight excluding hydrogens is 188 g/mol. The maximum atomic E-state index is 10.7. The highest BCUT2D eigenvalue weighted by Crippen LogP contribution is 2.10. The molecule has 0 aliphatic heterocycles. The SMILES string of the molecule is Cc1cc(S(=O)(=O)Cl)ncn1. The van der Waals surface area contributed by atoms with Crippen LogP contribution in [0.5, 0.6) is 0 Å². The maximum absolute atomic E-state index is 10.7. The quantitative estimate of drug-likeness (QED) is 0.486. The average Bonchev–Trinajstić information content (AvgIpc) is 1.86. The molecule has 0 bridgehead atoms. The van der Waals surface area contributed by atoms with Crippen LogP contribution in [0, 0.1) is 6.92 Å². The van der Waals surface area contributed by atoms with Crippen molar-refractivity contribution in [3.63, 3.8) is 0 Å². The van der Waals surface area contributed by atoms with E-state index in [2.05, 4.69) is 9.97 Å². The molecule has 1 heterocycles. The monoisotopic (exact) mass is 192 g/mol. The van der Waals surface area contributed by atoms with Crippen molar-refractivity contribution < 1.29 is 8.42 Å². The molecule has 1 aromatic heterocycles. The van der Waals surface area contributed by atoms with E-state index in [4.69, 9.17) is 10.7 Å². The highest BCUT2D eigenvalue weighted by molar-refractivity contribution is 8.13. The van der Waals surface area contributed by atoms with Crippen LogP contribution in [0.25, 0.3) is 0 Å². The zero-order valence-corrected chi connectivity index (χ0v) is 7.22. The van der Waals surface area contributed by atoms with Crippen molar-refractivity contribution in [3.8, 4) is 0 Å². The van der Waals surface area contributed by atoms with E-state index in [-0.39, 0.29) is 5.03 Å². The van der Waals surface area contributed by atoms with Crippen molar-refractivity contribution in [2.24, 2.45) is 0 Å². The third kappa shape index (κ3) is 2.13. The van der Waals surface area contributed by atoms with Crippen LogP contribution in [0.4, 0.5) is 0 Å². The lowest BCUT2D eigenvalue weighted by Gasteiger charge is -1.93. The minimum atomic E-state index is -3.70. The smallest absolute Gasteiger partial charge is 0.242 e. The van der Waals surface area contributed by atoms with Crippen LogP contribution in [0.2, 0.25) is 0 Å². The number of aromatic nitrogens is 2. The third-order valence-corrected chi connectivity index (χ3v) is 2.23. The van der Waals surface area contributed by atoms with Gasteiger partial charge in [0.2, 0.25) is 0 Å². The van der Waals surface area contributed by atoms with E-state index in [1.54, 1.807) is 6.92 Å². The van der Waals surface area contributed by atoms with Gasteiger partial charge in [-0.15, -0.1) is 0 Å². The van der Waals surface area contributed by atoms with E-state index in [1.165, 1.54) is 6.07 Å². The van der Waals surface area contributed by atoms with Gasteiger partial charge in [-0.05, 0) is 13.0 Å². The molecule has 0 N–H and O–H groups in total. The van der Waals surface area contributed by atoms with Gasteiger partial charge in [0.25, 0.3) is 9.05 Å². The Morgan fingerprint density at radius 3 is 2.45 bits per heavy atom. The summed E-state index contributed by atoms with van der Waals surface area (Å²) in [6.07, 6.45) is 1.16. The summed E-state index contributed by atoms with van der Waals surface area (Å²) in [6, 6.07) is 1.31. The van der Waals surface area contributed by atoms with Gasteiger partial charge in [0.15, 0.2) is 5.03 Å². The van der Waals surface area contributed by atoms with Gasteiger partial charge in [-0.3, -0.25) is 0 Å². The minimum absolute atomic E-state index is 0.160. The van der Waals surface area contributed by atoms with Gasteiger partial charge in [-0.25, -0.2) is 18.4 Å². The molecule has 0 amide bonds. The second-order valence-electron chi connectivity index (χ2n) is 1.94. The van der Waals surface area contributed by atoms with Gasteiger partial charge in [-0.1, -0.05) is 0 Å².